The number of hydrogen-bond donors (Lipinski definition) is 2. The van der Waals surface area contributed by atoms with Gasteiger partial charge in [-0.3, -0.25) is 0 Å². The minimum atomic E-state index is -0.459. The standard InChI is InChI=1S/C32H70N2O4/c1-7-9-11-13-15-17-19-21-23-33(3,4)27-31(35)29-37-25-26-38-30-32(36)28-34(5,6)24-22-20-18-16-14-12-10-8-2/h31-32,35-36H,7-30H2,1-6H3/q+2. The van der Waals surface area contributed by atoms with Gasteiger partial charge >= 0.3 is 0 Å². The van der Waals surface area contributed by atoms with E-state index >= 15 is 0 Å². The monoisotopic (exact) mass is 547 g/mol. The number of unbranched alkanes of at least 4 members (excludes halogenated alkanes) is 14. The first-order valence-electron chi connectivity index (χ1n) is 16.3. The molecule has 0 aliphatic rings. The smallest absolute Gasteiger partial charge is 0.126 e. The van der Waals surface area contributed by atoms with Crippen molar-refractivity contribution in [3.05, 3.63) is 0 Å². The van der Waals surface area contributed by atoms with Crippen LogP contribution in [0.3, 0.4) is 0 Å². The van der Waals surface area contributed by atoms with Gasteiger partial charge in [0.2, 0.25) is 0 Å². The van der Waals surface area contributed by atoms with Crippen molar-refractivity contribution in [1.29, 1.82) is 0 Å². The van der Waals surface area contributed by atoms with Crippen molar-refractivity contribution in [3.63, 3.8) is 0 Å². The van der Waals surface area contributed by atoms with Crippen LogP contribution in [0.2, 0.25) is 0 Å². The summed E-state index contributed by atoms with van der Waals surface area (Å²) < 4.78 is 13.0. The molecule has 0 fully saturated rings. The third-order valence-corrected chi connectivity index (χ3v) is 7.64. The molecule has 0 rings (SSSR count). The summed E-state index contributed by atoms with van der Waals surface area (Å²) in [6, 6.07) is 0. The maximum absolute atomic E-state index is 10.4. The third kappa shape index (κ3) is 26.0. The summed E-state index contributed by atoms with van der Waals surface area (Å²) in [4.78, 5) is 0. The van der Waals surface area contributed by atoms with Gasteiger partial charge in [0.1, 0.15) is 25.3 Å². The fourth-order valence-electron chi connectivity index (χ4n) is 5.33. The quantitative estimate of drug-likeness (QED) is 0.0869. The van der Waals surface area contributed by atoms with Gasteiger partial charge in [0.25, 0.3) is 0 Å². The predicted octanol–water partition coefficient (Wildman–Crippen LogP) is 6.18. The number of quaternary nitrogens is 2. The molecule has 0 saturated carbocycles. The van der Waals surface area contributed by atoms with Gasteiger partial charge in [-0.15, -0.1) is 0 Å². The van der Waals surface area contributed by atoms with E-state index in [0.29, 0.717) is 39.5 Å². The highest BCUT2D eigenvalue weighted by molar-refractivity contribution is 4.55. The van der Waals surface area contributed by atoms with Gasteiger partial charge in [0.05, 0.1) is 67.7 Å². The summed E-state index contributed by atoms with van der Waals surface area (Å²) in [5.74, 6) is 0. The summed E-state index contributed by atoms with van der Waals surface area (Å²) in [5.41, 5.74) is 0. The molecule has 0 aromatic heterocycles. The first-order valence-corrected chi connectivity index (χ1v) is 16.3. The van der Waals surface area contributed by atoms with Gasteiger partial charge in [-0.25, -0.2) is 0 Å². The number of ether oxygens (including phenoxy) is 2. The van der Waals surface area contributed by atoms with Crippen LogP contribution >= 0.6 is 0 Å². The lowest BCUT2D eigenvalue weighted by molar-refractivity contribution is -0.893. The SMILES string of the molecule is CCCCCCCCCC[N+](C)(C)CC(O)COCCOCC(O)C[N+](C)(C)CCCCCCCCCC. The van der Waals surface area contributed by atoms with Gasteiger partial charge < -0.3 is 28.7 Å². The normalized spacial score (nSPS) is 14.2. The minimum Gasteiger partial charge on any atom is -0.385 e. The van der Waals surface area contributed by atoms with Crippen LogP contribution in [0, 0.1) is 0 Å². The number of nitrogens with zero attached hydrogens (tertiary/aromatic N) is 2. The van der Waals surface area contributed by atoms with Gasteiger partial charge in [-0.05, 0) is 25.7 Å². The summed E-state index contributed by atoms with van der Waals surface area (Å²) in [5, 5.41) is 20.8. The average molecular weight is 547 g/mol. The van der Waals surface area contributed by atoms with Crippen LogP contribution in [-0.2, 0) is 9.47 Å². The molecule has 0 aromatic carbocycles. The van der Waals surface area contributed by atoms with Crippen molar-refractivity contribution in [2.45, 2.75) is 129 Å². The number of aliphatic hydroxyl groups excluding tert-OH is 2. The molecule has 2 N–H and O–H groups in total. The maximum Gasteiger partial charge on any atom is 0.126 e. The highest BCUT2D eigenvalue weighted by Gasteiger charge is 2.21. The fourth-order valence-corrected chi connectivity index (χ4v) is 5.33. The van der Waals surface area contributed by atoms with E-state index in [-0.39, 0.29) is 0 Å². The zero-order valence-electron chi connectivity index (χ0n) is 26.7. The van der Waals surface area contributed by atoms with E-state index in [1.807, 2.05) is 0 Å². The Labute approximate surface area is 238 Å². The molecule has 0 aliphatic heterocycles. The molecule has 0 radical (unpaired) electrons. The molecule has 0 saturated heterocycles. The molecule has 6 heteroatoms. The van der Waals surface area contributed by atoms with Gasteiger partial charge in [0, 0.05) is 0 Å². The Bertz CT molecular complexity index is 458. The molecule has 230 valence electrons. The van der Waals surface area contributed by atoms with E-state index in [9.17, 15) is 10.2 Å². The van der Waals surface area contributed by atoms with E-state index in [1.54, 1.807) is 0 Å². The molecule has 0 amide bonds. The van der Waals surface area contributed by atoms with E-state index in [1.165, 1.54) is 103 Å². The zero-order valence-corrected chi connectivity index (χ0v) is 26.7. The largest absolute Gasteiger partial charge is 0.385 e. The molecule has 0 bridgehead atoms. The van der Waals surface area contributed by atoms with E-state index < -0.39 is 12.2 Å². The molecule has 0 aliphatic carbocycles. The molecular formula is C32H70N2O4+2. The van der Waals surface area contributed by atoms with Gasteiger partial charge in [-0.2, -0.15) is 0 Å². The highest BCUT2D eigenvalue weighted by atomic mass is 16.5. The molecular weight excluding hydrogens is 476 g/mol. The summed E-state index contributed by atoms with van der Waals surface area (Å²) in [6.45, 7) is 9.73. The second-order valence-electron chi connectivity index (χ2n) is 13.1. The Morgan fingerprint density at radius 3 is 1.08 bits per heavy atom. The van der Waals surface area contributed by atoms with Crippen molar-refractivity contribution in [3.8, 4) is 0 Å². The third-order valence-electron chi connectivity index (χ3n) is 7.64. The summed E-state index contributed by atoms with van der Waals surface area (Å²) >= 11 is 0. The predicted molar refractivity (Wildman–Crippen MR) is 163 cm³/mol. The van der Waals surface area contributed by atoms with E-state index in [4.69, 9.17) is 9.47 Å². The van der Waals surface area contributed by atoms with Crippen molar-refractivity contribution in [1.82, 2.24) is 0 Å². The second-order valence-corrected chi connectivity index (χ2v) is 13.1. The van der Waals surface area contributed by atoms with E-state index in [0.717, 1.165) is 22.1 Å². The first-order chi connectivity index (χ1) is 18.1. The summed E-state index contributed by atoms with van der Waals surface area (Å²) in [7, 11) is 8.79. The Morgan fingerprint density at radius 2 is 0.763 bits per heavy atom. The highest BCUT2D eigenvalue weighted by Crippen LogP contribution is 2.12. The Hall–Kier alpha value is -0.240. The number of likely N-dealkylation sites (N-methyl/N-ethyl adjacent to an activating group) is 2. The lowest BCUT2D eigenvalue weighted by atomic mass is 10.1. The number of rotatable bonds is 29. The van der Waals surface area contributed by atoms with Crippen LogP contribution in [0.1, 0.15) is 117 Å². The van der Waals surface area contributed by atoms with Crippen LogP contribution in [0.4, 0.5) is 0 Å². The molecule has 0 aromatic rings. The van der Waals surface area contributed by atoms with Gasteiger partial charge in [0.15, 0.2) is 0 Å². The zero-order chi connectivity index (χ0) is 28.5. The van der Waals surface area contributed by atoms with Crippen molar-refractivity contribution in [2.24, 2.45) is 0 Å². The topological polar surface area (TPSA) is 58.9 Å². The molecule has 6 nitrogen and oxygen atoms in total. The number of hydrogen-bond acceptors (Lipinski definition) is 4. The number of aliphatic hydroxyl groups is 2. The summed E-state index contributed by atoms with van der Waals surface area (Å²) in [6.07, 6.45) is 20.4. The van der Waals surface area contributed by atoms with Crippen molar-refractivity contribution >= 4 is 0 Å². The molecule has 2 atom stereocenters. The van der Waals surface area contributed by atoms with Crippen molar-refractivity contribution < 1.29 is 28.7 Å². The first kappa shape index (κ1) is 37.8. The Morgan fingerprint density at radius 1 is 0.474 bits per heavy atom. The lowest BCUT2D eigenvalue weighted by Crippen LogP contribution is -2.47. The second kappa shape index (κ2) is 24.5. The van der Waals surface area contributed by atoms with Gasteiger partial charge in [-0.1, -0.05) is 90.9 Å². The molecule has 38 heavy (non-hydrogen) atoms. The van der Waals surface area contributed by atoms with Crippen LogP contribution in [0.25, 0.3) is 0 Å². The average Bonchev–Trinajstić information content (AvgIpc) is 2.84. The van der Waals surface area contributed by atoms with E-state index in [2.05, 4.69) is 42.0 Å². The van der Waals surface area contributed by atoms with Crippen molar-refractivity contribution in [2.75, 3.05) is 80.8 Å². The van der Waals surface area contributed by atoms with Crippen LogP contribution in [0.15, 0.2) is 0 Å². The Kier molecular flexibility index (Phi) is 24.4. The van der Waals surface area contributed by atoms with Crippen LogP contribution in [0.5, 0.6) is 0 Å². The van der Waals surface area contributed by atoms with Crippen LogP contribution in [-0.4, -0.2) is 112 Å². The molecule has 2 unspecified atom stereocenters. The fraction of sp³-hybridized carbons (Fsp3) is 1.00. The lowest BCUT2D eigenvalue weighted by Gasteiger charge is -2.32. The Balaban J connectivity index is 3.73. The minimum absolute atomic E-state index is 0.341. The van der Waals surface area contributed by atoms with Crippen LogP contribution < -0.4 is 0 Å². The molecule has 0 heterocycles. The molecule has 0 spiro atoms. The maximum atomic E-state index is 10.4.